The third-order valence-electron chi connectivity index (χ3n) is 4.66. The first kappa shape index (κ1) is 15.7. The molecule has 0 aromatic heterocycles. The van der Waals surface area contributed by atoms with Crippen molar-refractivity contribution in [3.05, 3.63) is 34.4 Å². The molecule has 1 N–H and O–H groups in total. The van der Waals surface area contributed by atoms with Gasteiger partial charge in [0.15, 0.2) is 0 Å². The van der Waals surface area contributed by atoms with Gasteiger partial charge in [0.2, 0.25) is 5.91 Å². The van der Waals surface area contributed by atoms with Crippen LogP contribution in [0.5, 0.6) is 0 Å². The second-order valence-electron chi connectivity index (χ2n) is 6.10. The first-order valence-electron chi connectivity index (χ1n) is 8.14. The monoisotopic (exact) mass is 318 g/mol. The molecule has 2 fully saturated rings. The van der Waals surface area contributed by atoms with Gasteiger partial charge in [0.25, 0.3) is 5.69 Å². The highest BCUT2D eigenvalue weighted by molar-refractivity contribution is 5.79. The number of benzene rings is 1. The van der Waals surface area contributed by atoms with Crippen LogP contribution in [0.25, 0.3) is 0 Å². The molecule has 0 radical (unpaired) electrons. The second-order valence-corrected chi connectivity index (χ2v) is 6.10. The normalized spacial score (nSPS) is 22.0. The Morgan fingerprint density at radius 2 is 1.96 bits per heavy atom. The smallest absolute Gasteiger partial charge is 0.292 e. The summed E-state index contributed by atoms with van der Waals surface area (Å²) in [6.45, 7) is 4.29. The minimum absolute atomic E-state index is 0.0846. The Hall–Kier alpha value is -2.15. The first-order chi connectivity index (χ1) is 11.2. The summed E-state index contributed by atoms with van der Waals surface area (Å²) in [7, 11) is 0. The molecule has 0 saturated carbocycles. The molecule has 1 aromatic carbocycles. The molecule has 2 aliphatic heterocycles. The molecule has 1 aromatic rings. The van der Waals surface area contributed by atoms with Gasteiger partial charge in [-0.1, -0.05) is 12.1 Å². The minimum atomic E-state index is -0.347. The zero-order chi connectivity index (χ0) is 16.2. The van der Waals surface area contributed by atoms with Gasteiger partial charge < -0.3 is 15.1 Å². The molecule has 0 unspecified atom stereocenters. The number of rotatable bonds is 3. The fourth-order valence-electron chi connectivity index (χ4n) is 3.37. The number of para-hydroxylation sites is 2. The summed E-state index contributed by atoms with van der Waals surface area (Å²) < 4.78 is 0. The second kappa shape index (κ2) is 6.95. The van der Waals surface area contributed by atoms with Crippen molar-refractivity contribution in [3.63, 3.8) is 0 Å². The summed E-state index contributed by atoms with van der Waals surface area (Å²) in [5.41, 5.74) is 0.771. The van der Waals surface area contributed by atoms with Crippen molar-refractivity contribution in [3.8, 4) is 0 Å². The molecule has 2 aliphatic rings. The summed E-state index contributed by atoms with van der Waals surface area (Å²) in [4.78, 5) is 27.2. The summed E-state index contributed by atoms with van der Waals surface area (Å²) in [5.74, 6) is 0.306. The van der Waals surface area contributed by atoms with E-state index in [0.29, 0.717) is 31.9 Å². The van der Waals surface area contributed by atoms with E-state index >= 15 is 0 Å². The maximum atomic E-state index is 12.5. The van der Waals surface area contributed by atoms with Crippen LogP contribution in [-0.4, -0.2) is 55.0 Å². The molecule has 7 heteroatoms. The van der Waals surface area contributed by atoms with Crippen LogP contribution in [0.4, 0.5) is 11.4 Å². The van der Waals surface area contributed by atoms with Crippen LogP contribution in [0.1, 0.15) is 12.8 Å². The van der Waals surface area contributed by atoms with E-state index in [0.717, 1.165) is 25.9 Å². The van der Waals surface area contributed by atoms with E-state index in [1.165, 1.54) is 6.07 Å². The van der Waals surface area contributed by atoms with Crippen LogP contribution in [0.2, 0.25) is 0 Å². The number of amides is 1. The number of carbonyl (C=O) groups excluding carboxylic acids is 1. The Morgan fingerprint density at radius 3 is 2.61 bits per heavy atom. The standard InChI is InChI=1S/C16H22N4O3/c21-16(13-4-3-7-17-12-13)19-10-8-18(9-11-19)14-5-1-2-6-15(14)20(22)23/h1-2,5-6,13,17H,3-4,7-12H2/t13-/m1/s1. The average Bonchev–Trinajstić information content (AvgIpc) is 2.62. The number of piperazine rings is 1. The van der Waals surface area contributed by atoms with Crippen molar-refractivity contribution in [2.45, 2.75) is 12.8 Å². The van der Waals surface area contributed by atoms with E-state index in [1.807, 2.05) is 15.9 Å². The van der Waals surface area contributed by atoms with Crippen molar-refractivity contribution in [2.75, 3.05) is 44.2 Å². The van der Waals surface area contributed by atoms with Crippen LogP contribution in [0, 0.1) is 16.0 Å². The predicted molar refractivity (Wildman–Crippen MR) is 87.5 cm³/mol. The lowest BCUT2D eigenvalue weighted by Crippen LogP contribution is -2.52. The van der Waals surface area contributed by atoms with E-state index in [2.05, 4.69) is 5.32 Å². The Bertz CT molecular complexity index is 578. The largest absolute Gasteiger partial charge is 0.362 e. The summed E-state index contributed by atoms with van der Waals surface area (Å²) in [5, 5.41) is 14.4. The number of anilines is 1. The van der Waals surface area contributed by atoms with E-state index in [9.17, 15) is 14.9 Å². The van der Waals surface area contributed by atoms with Gasteiger partial charge >= 0.3 is 0 Å². The zero-order valence-electron chi connectivity index (χ0n) is 13.1. The summed E-state index contributed by atoms with van der Waals surface area (Å²) in [6, 6.07) is 6.80. The van der Waals surface area contributed by atoms with Gasteiger partial charge in [0.1, 0.15) is 5.69 Å². The van der Waals surface area contributed by atoms with Crippen LogP contribution >= 0.6 is 0 Å². The molecule has 3 rings (SSSR count). The predicted octanol–water partition coefficient (Wildman–Crippen LogP) is 1.24. The van der Waals surface area contributed by atoms with Gasteiger partial charge in [0, 0.05) is 38.8 Å². The average molecular weight is 318 g/mol. The SMILES string of the molecule is O=C([C@@H]1CCCNC1)N1CCN(c2ccccc2[N+](=O)[O-])CC1. The van der Waals surface area contributed by atoms with Crippen molar-refractivity contribution in [1.29, 1.82) is 0 Å². The topological polar surface area (TPSA) is 78.7 Å². The third-order valence-corrected chi connectivity index (χ3v) is 4.66. The first-order valence-corrected chi connectivity index (χ1v) is 8.14. The van der Waals surface area contributed by atoms with E-state index in [1.54, 1.807) is 12.1 Å². The number of carbonyl (C=O) groups is 1. The highest BCUT2D eigenvalue weighted by Gasteiger charge is 2.29. The molecule has 23 heavy (non-hydrogen) atoms. The Kier molecular flexibility index (Phi) is 4.76. The highest BCUT2D eigenvalue weighted by atomic mass is 16.6. The van der Waals surface area contributed by atoms with Gasteiger partial charge in [-0.05, 0) is 25.5 Å². The van der Waals surface area contributed by atoms with Crippen molar-refractivity contribution < 1.29 is 9.72 Å². The van der Waals surface area contributed by atoms with Gasteiger partial charge in [0.05, 0.1) is 10.8 Å². The molecular formula is C16H22N4O3. The lowest BCUT2D eigenvalue weighted by molar-refractivity contribution is -0.384. The van der Waals surface area contributed by atoms with Crippen molar-refractivity contribution >= 4 is 17.3 Å². The molecule has 7 nitrogen and oxygen atoms in total. The lowest BCUT2D eigenvalue weighted by Gasteiger charge is -2.38. The Morgan fingerprint density at radius 1 is 1.22 bits per heavy atom. The van der Waals surface area contributed by atoms with E-state index in [-0.39, 0.29) is 22.4 Å². The number of nitrogens with zero attached hydrogens (tertiary/aromatic N) is 3. The van der Waals surface area contributed by atoms with Crippen LogP contribution in [0.3, 0.4) is 0 Å². The quantitative estimate of drug-likeness (QED) is 0.670. The number of nitro groups is 1. The van der Waals surface area contributed by atoms with E-state index in [4.69, 9.17) is 0 Å². The number of nitrogens with one attached hydrogen (secondary N) is 1. The zero-order valence-corrected chi connectivity index (χ0v) is 13.1. The Balaban J connectivity index is 1.62. The molecule has 124 valence electrons. The molecular weight excluding hydrogens is 296 g/mol. The molecule has 0 spiro atoms. The van der Waals surface area contributed by atoms with Crippen LogP contribution < -0.4 is 10.2 Å². The third kappa shape index (κ3) is 3.44. The summed E-state index contributed by atoms with van der Waals surface area (Å²) in [6.07, 6.45) is 2.00. The fraction of sp³-hybridized carbons (Fsp3) is 0.562. The Labute approximate surface area is 135 Å². The number of piperidine rings is 1. The molecule has 0 aliphatic carbocycles. The number of hydrogen-bond acceptors (Lipinski definition) is 5. The maximum absolute atomic E-state index is 12.5. The van der Waals surface area contributed by atoms with Crippen LogP contribution in [-0.2, 0) is 4.79 Å². The van der Waals surface area contributed by atoms with E-state index < -0.39 is 0 Å². The van der Waals surface area contributed by atoms with Gasteiger partial charge in [-0.15, -0.1) is 0 Å². The highest BCUT2D eigenvalue weighted by Crippen LogP contribution is 2.28. The molecule has 1 atom stereocenters. The van der Waals surface area contributed by atoms with Crippen LogP contribution in [0.15, 0.2) is 24.3 Å². The molecule has 2 saturated heterocycles. The van der Waals surface area contributed by atoms with Crippen molar-refractivity contribution in [1.82, 2.24) is 10.2 Å². The van der Waals surface area contributed by atoms with Gasteiger partial charge in [-0.2, -0.15) is 0 Å². The maximum Gasteiger partial charge on any atom is 0.292 e. The fourth-order valence-corrected chi connectivity index (χ4v) is 3.37. The molecule has 2 heterocycles. The number of nitro benzene ring substituents is 1. The molecule has 0 bridgehead atoms. The summed E-state index contributed by atoms with van der Waals surface area (Å²) >= 11 is 0. The lowest BCUT2D eigenvalue weighted by atomic mass is 9.98. The van der Waals surface area contributed by atoms with Gasteiger partial charge in [-0.3, -0.25) is 14.9 Å². The van der Waals surface area contributed by atoms with Crippen molar-refractivity contribution in [2.24, 2.45) is 5.92 Å². The van der Waals surface area contributed by atoms with Gasteiger partial charge in [-0.25, -0.2) is 0 Å². The minimum Gasteiger partial charge on any atom is -0.362 e. The number of hydrogen-bond donors (Lipinski definition) is 1. The molecule has 1 amide bonds.